The molecule has 6 nitrogen and oxygen atoms in total. The Bertz CT molecular complexity index is 964. The van der Waals surface area contributed by atoms with E-state index >= 15 is 0 Å². The van der Waals surface area contributed by atoms with Crippen molar-refractivity contribution in [2.75, 3.05) is 13.2 Å². The zero-order valence-corrected chi connectivity index (χ0v) is 15.7. The maximum atomic E-state index is 12.7. The number of fused-ring (bicyclic) bond motifs is 1. The van der Waals surface area contributed by atoms with Gasteiger partial charge in [-0.25, -0.2) is 9.48 Å². The van der Waals surface area contributed by atoms with Crippen LogP contribution in [0.15, 0.2) is 47.8 Å². The van der Waals surface area contributed by atoms with Crippen LogP contribution >= 0.6 is 11.3 Å². The Kier molecular flexibility index (Phi) is 4.77. The van der Waals surface area contributed by atoms with Crippen LogP contribution in [0.3, 0.4) is 0 Å². The molecule has 0 saturated carbocycles. The van der Waals surface area contributed by atoms with Crippen LogP contribution in [0.25, 0.3) is 5.69 Å². The number of rotatable bonds is 4. The van der Waals surface area contributed by atoms with Crippen molar-refractivity contribution < 1.29 is 14.3 Å². The number of benzene rings is 1. The van der Waals surface area contributed by atoms with Crippen LogP contribution in [0, 0.1) is 0 Å². The Morgan fingerprint density at radius 2 is 2.00 bits per heavy atom. The van der Waals surface area contributed by atoms with E-state index < -0.39 is 5.97 Å². The van der Waals surface area contributed by atoms with Gasteiger partial charge in [0.2, 0.25) is 0 Å². The number of carbonyl (C=O) groups excluding carboxylic acids is 2. The van der Waals surface area contributed by atoms with E-state index in [0.29, 0.717) is 30.1 Å². The molecule has 138 valence electrons. The van der Waals surface area contributed by atoms with Crippen molar-refractivity contribution in [1.82, 2.24) is 14.7 Å². The number of hydrogen-bond donors (Lipinski definition) is 0. The summed E-state index contributed by atoms with van der Waals surface area (Å²) in [7, 11) is 0. The maximum absolute atomic E-state index is 12.7. The molecule has 1 aromatic carbocycles. The Labute approximate surface area is 161 Å². The van der Waals surface area contributed by atoms with Gasteiger partial charge in [0.15, 0.2) is 5.69 Å². The molecule has 1 aliphatic rings. The fourth-order valence-corrected chi connectivity index (χ4v) is 3.99. The lowest BCUT2D eigenvalue weighted by Crippen LogP contribution is -2.36. The minimum absolute atomic E-state index is 0.0158. The lowest BCUT2D eigenvalue weighted by Gasteiger charge is -2.27. The summed E-state index contributed by atoms with van der Waals surface area (Å²) in [5, 5.41) is 6.43. The van der Waals surface area contributed by atoms with Gasteiger partial charge in [-0.05, 0) is 30.5 Å². The van der Waals surface area contributed by atoms with E-state index in [0.717, 1.165) is 16.9 Å². The molecule has 3 aromatic rings. The highest BCUT2D eigenvalue weighted by atomic mass is 32.1. The van der Waals surface area contributed by atoms with Crippen LogP contribution in [-0.2, 0) is 17.7 Å². The van der Waals surface area contributed by atoms with E-state index in [2.05, 4.69) is 5.10 Å². The summed E-state index contributed by atoms with van der Waals surface area (Å²) in [4.78, 5) is 27.7. The molecular weight excluding hydrogens is 362 g/mol. The van der Waals surface area contributed by atoms with Gasteiger partial charge < -0.3 is 9.64 Å². The predicted molar refractivity (Wildman–Crippen MR) is 102 cm³/mol. The number of nitrogens with zero attached hydrogens (tertiary/aromatic N) is 3. The van der Waals surface area contributed by atoms with Crippen LogP contribution in [-0.4, -0.2) is 39.7 Å². The molecule has 1 amide bonds. The number of para-hydroxylation sites is 1. The molecular formula is C20H19N3O3S. The SMILES string of the molecule is CCOC(=O)c1nn(-c2ccccc2)c2c1CN(C(=O)c1cccs1)CC2. The summed E-state index contributed by atoms with van der Waals surface area (Å²) < 4.78 is 7.00. The average Bonchev–Trinajstić information content (AvgIpc) is 3.36. The number of aromatic nitrogens is 2. The molecule has 1 aliphatic heterocycles. The van der Waals surface area contributed by atoms with E-state index in [-0.39, 0.29) is 12.5 Å². The summed E-state index contributed by atoms with van der Waals surface area (Å²) in [6.07, 6.45) is 0.633. The van der Waals surface area contributed by atoms with E-state index in [4.69, 9.17) is 4.74 Å². The summed E-state index contributed by atoms with van der Waals surface area (Å²) in [5.74, 6) is -0.466. The van der Waals surface area contributed by atoms with Crippen LogP contribution in [0.2, 0.25) is 0 Å². The number of ether oxygens (including phenoxy) is 1. The third-order valence-electron chi connectivity index (χ3n) is 4.55. The molecule has 0 N–H and O–H groups in total. The molecule has 27 heavy (non-hydrogen) atoms. The number of hydrogen-bond acceptors (Lipinski definition) is 5. The smallest absolute Gasteiger partial charge is 0.359 e. The molecule has 0 radical (unpaired) electrons. The van der Waals surface area contributed by atoms with Gasteiger partial charge in [0.25, 0.3) is 5.91 Å². The molecule has 0 fully saturated rings. The fourth-order valence-electron chi connectivity index (χ4n) is 3.29. The maximum Gasteiger partial charge on any atom is 0.359 e. The van der Waals surface area contributed by atoms with E-state index in [9.17, 15) is 9.59 Å². The van der Waals surface area contributed by atoms with Crippen LogP contribution < -0.4 is 0 Å². The van der Waals surface area contributed by atoms with Gasteiger partial charge in [-0.2, -0.15) is 5.10 Å². The standard InChI is InChI=1S/C20H19N3O3S/c1-2-26-20(25)18-15-13-22(19(24)17-9-6-12-27-17)11-10-16(15)23(21-18)14-7-4-3-5-8-14/h3-9,12H,2,10-11,13H2,1H3. The van der Waals surface area contributed by atoms with Gasteiger partial charge in [-0.3, -0.25) is 4.79 Å². The van der Waals surface area contributed by atoms with Gasteiger partial charge in [0.1, 0.15) is 0 Å². The Morgan fingerprint density at radius 3 is 2.70 bits per heavy atom. The minimum Gasteiger partial charge on any atom is -0.461 e. The number of carbonyl (C=O) groups is 2. The highest BCUT2D eigenvalue weighted by Crippen LogP contribution is 2.27. The summed E-state index contributed by atoms with van der Waals surface area (Å²) in [5.41, 5.74) is 2.91. The second kappa shape index (κ2) is 7.36. The Morgan fingerprint density at radius 1 is 1.19 bits per heavy atom. The molecule has 7 heteroatoms. The van der Waals surface area contributed by atoms with E-state index in [1.54, 1.807) is 16.5 Å². The predicted octanol–water partition coefficient (Wildman–Crippen LogP) is 3.31. The fraction of sp³-hybridized carbons (Fsp3) is 0.250. The van der Waals surface area contributed by atoms with Gasteiger partial charge in [0, 0.05) is 18.5 Å². The second-order valence-electron chi connectivity index (χ2n) is 6.20. The van der Waals surface area contributed by atoms with Crippen molar-refractivity contribution in [1.29, 1.82) is 0 Å². The van der Waals surface area contributed by atoms with Crippen molar-refractivity contribution in [3.05, 3.63) is 69.7 Å². The highest BCUT2D eigenvalue weighted by molar-refractivity contribution is 7.12. The zero-order valence-electron chi connectivity index (χ0n) is 14.9. The third kappa shape index (κ3) is 3.26. The van der Waals surface area contributed by atoms with Crippen molar-refractivity contribution in [2.45, 2.75) is 19.9 Å². The monoisotopic (exact) mass is 381 g/mol. The van der Waals surface area contributed by atoms with Gasteiger partial charge in [0.05, 0.1) is 29.4 Å². The lowest BCUT2D eigenvalue weighted by molar-refractivity contribution is 0.0513. The average molecular weight is 381 g/mol. The topological polar surface area (TPSA) is 64.4 Å². The quantitative estimate of drug-likeness (QED) is 0.651. The Balaban J connectivity index is 1.73. The first kappa shape index (κ1) is 17.5. The zero-order chi connectivity index (χ0) is 18.8. The van der Waals surface area contributed by atoms with Gasteiger partial charge in [-0.15, -0.1) is 11.3 Å². The second-order valence-corrected chi connectivity index (χ2v) is 7.14. The number of thiophene rings is 1. The van der Waals surface area contributed by atoms with E-state index in [1.165, 1.54) is 11.3 Å². The van der Waals surface area contributed by atoms with Crippen molar-refractivity contribution in [3.8, 4) is 5.69 Å². The first-order valence-electron chi connectivity index (χ1n) is 8.85. The first-order valence-corrected chi connectivity index (χ1v) is 9.73. The van der Waals surface area contributed by atoms with Gasteiger partial charge in [-0.1, -0.05) is 24.3 Å². The summed E-state index contributed by atoms with van der Waals surface area (Å²) in [6.45, 7) is 2.99. The van der Waals surface area contributed by atoms with Crippen molar-refractivity contribution in [2.24, 2.45) is 0 Å². The molecule has 0 atom stereocenters. The molecule has 0 spiro atoms. The molecule has 2 aromatic heterocycles. The lowest BCUT2D eigenvalue weighted by atomic mass is 10.0. The highest BCUT2D eigenvalue weighted by Gasteiger charge is 2.31. The van der Waals surface area contributed by atoms with Crippen molar-refractivity contribution >= 4 is 23.2 Å². The van der Waals surface area contributed by atoms with Crippen LogP contribution in [0.4, 0.5) is 0 Å². The van der Waals surface area contributed by atoms with Crippen molar-refractivity contribution in [3.63, 3.8) is 0 Å². The van der Waals surface area contributed by atoms with E-state index in [1.807, 2.05) is 47.8 Å². The van der Waals surface area contributed by atoms with Crippen LogP contribution in [0.1, 0.15) is 38.3 Å². The van der Waals surface area contributed by atoms with Crippen LogP contribution in [0.5, 0.6) is 0 Å². The first-order chi connectivity index (χ1) is 13.2. The molecule has 0 unspecified atom stereocenters. The summed E-state index contributed by atoms with van der Waals surface area (Å²) >= 11 is 1.42. The summed E-state index contributed by atoms with van der Waals surface area (Å²) in [6, 6.07) is 13.4. The Hall–Kier alpha value is -2.93. The third-order valence-corrected chi connectivity index (χ3v) is 5.40. The normalized spacial score (nSPS) is 13.3. The molecule has 4 rings (SSSR count). The number of amides is 1. The minimum atomic E-state index is -0.450. The molecule has 0 bridgehead atoms. The molecule has 3 heterocycles. The largest absolute Gasteiger partial charge is 0.461 e. The molecule has 0 aliphatic carbocycles. The van der Waals surface area contributed by atoms with Gasteiger partial charge >= 0.3 is 5.97 Å². The number of esters is 1. The molecule has 0 saturated heterocycles.